The SMILES string of the molecule is c1ccccc1.c1ccccc1.c1ccoc1. The van der Waals surface area contributed by atoms with Crippen molar-refractivity contribution in [1.82, 2.24) is 0 Å². The van der Waals surface area contributed by atoms with Crippen molar-refractivity contribution in [3.05, 3.63) is 97.5 Å². The Labute approximate surface area is 102 Å². The van der Waals surface area contributed by atoms with Crippen LogP contribution in [0, 0.1) is 0 Å². The Morgan fingerprint density at radius 1 is 0.294 bits per heavy atom. The summed E-state index contributed by atoms with van der Waals surface area (Å²) in [5, 5.41) is 0. The normalized spacial score (nSPS) is 8.00. The third-order valence-corrected chi connectivity index (χ3v) is 1.76. The van der Waals surface area contributed by atoms with Crippen LogP contribution < -0.4 is 0 Å². The van der Waals surface area contributed by atoms with Crippen LogP contribution in [0.15, 0.2) is 102 Å². The van der Waals surface area contributed by atoms with Gasteiger partial charge in [-0.05, 0) is 12.1 Å². The molecule has 0 saturated carbocycles. The van der Waals surface area contributed by atoms with Gasteiger partial charge in [0.05, 0.1) is 12.5 Å². The molecular weight excluding hydrogens is 208 g/mol. The Morgan fingerprint density at radius 3 is 0.647 bits per heavy atom. The van der Waals surface area contributed by atoms with Gasteiger partial charge in [-0.2, -0.15) is 0 Å². The maximum atomic E-state index is 4.58. The van der Waals surface area contributed by atoms with Crippen LogP contribution in [-0.2, 0) is 0 Å². The van der Waals surface area contributed by atoms with Gasteiger partial charge >= 0.3 is 0 Å². The molecule has 0 saturated heterocycles. The minimum atomic E-state index is 1.62. The topological polar surface area (TPSA) is 13.1 Å². The second-order valence-corrected chi connectivity index (χ2v) is 3.10. The molecule has 0 aliphatic heterocycles. The average molecular weight is 224 g/mol. The minimum absolute atomic E-state index is 1.62. The van der Waals surface area contributed by atoms with Crippen molar-refractivity contribution in [2.75, 3.05) is 0 Å². The monoisotopic (exact) mass is 224 g/mol. The van der Waals surface area contributed by atoms with Crippen molar-refractivity contribution < 1.29 is 4.42 Å². The fourth-order valence-electron chi connectivity index (χ4n) is 0.997. The van der Waals surface area contributed by atoms with Gasteiger partial charge in [0.1, 0.15) is 0 Å². The summed E-state index contributed by atoms with van der Waals surface area (Å²) in [6.45, 7) is 0. The molecule has 0 bridgehead atoms. The summed E-state index contributed by atoms with van der Waals surface area (Å²) in [5.74, 6) is 0. The van der Waals surface area contributed by atoms with Crippen LogP contribution in [0.1, 0.15) is 0 Å². The minimum Gasteiger partial charge on any atom is -0.473 e. The number of furan rings is 1. The molecule has 0 atom stereocenters. The average Bonchev–Trinajstić information content (AvgIpc) is 3.03. The molecule has 0 radical (unpaired) electrons. The maximum absolute atomic E-state index is 4.58. The second-order valence-electron chi connectivity index (χ2n) is 3.10. The smallest absolute Gasteiger partial charge is 0.0902 e. The lowest BCUT2D eigenvalue weighted by molar-refractivity contribution is 0.567. The summed E-state index contributed by atoms with van der Waals surface area (Å²) >= 11 is 0. The maximum Gasteiger partial charge on any atom is 0.0902 e. The zero-order chi connectivity index (χ0) is 12.0. The molecule has 0 N–H and O–H groups in total. The first-order valence-corrected chi connectivity index (χ1v) is 5.47. The zero-order valence-electron chi connectivity index (χ0n) is 9.65. The first-order valence-electron chi connectivity index (χ1n) is 5.47. The van der Waals surface area contributed by atoms with Gasteiger partial charge in [-0.3, -0.25) is 0 Å². The predicted molar refractivity (Wildman–Crippen MR) is 71.6 cm³/mol. The predicted octanol–water partition coefficient (Wildman–Crippen LogP) is 4.65. The summed E-state index contributed by atoms with van der Waals surface area (Å²) < 4.78 is 4.58. The van der Waals surface area contributed by atoms with E-state index < -0.39 is 0 Å². The third kappa shape index (κ3) is 8.70. The Balaban J connectivity index is 0.000000128. The molecule has 0 aliphatic carbocycles. The van der Waals surface area contributed by atoms with Crippen LogP contribution in [-0.4, -0.2) is 0 Å². The van der Waals surface area contributed by atoms with Crippen LogP contribution in [0.5, 0.6) is 0 Å². The molecule has 0 aliphatic rings. The molecule has 3 aromatic rings. The van der Waals surface area contributed by atoms with E-state index in [1.54, 1.807) is 12.5 Å². The molecule has 1 heterocycles. The second kappa shape index (κ2) is 10.2. The standard InChI is InChI=1S/2C6H6.C4H4O/c2*1-2-4-6-5-3-1;1-2-4-5-3-1/h2*1-6H;1-4H. The largest absolute Gasteiger partial charge is 0.473 e. The van der Waals surface area contributed by atoms with Crippen molar-refractivity contribution in [3.8, 4) is 0 Å². The summed E-state index contributed by atoms with van der Waals surface area (Å²) in [6.07, 6.45) is 3.25. The van der Waals surface area contributed by atoms with Crippen molar-refractivity contribution in [1.29, 1.82) is 0 Å². The summed E-state index contributed by atoms with van der Waals surface area (Å²) in [5.41, 5.74) is 0. The van der Waals surface area contributed by atoms with E-state index in [1.807, 2.05) is 84.9 Å². The number of rotatable bonds is 0. The molecule has 0 unspecified atom stereocenters. The highest BCUT2D eigenvalue weighted by Crippen LogP contribution is 1.80. The molecular formula is C16H16O. The van der Waals surface area contributed by atoms with E-state index in [1.165, 1.54) is 0 Å². The molecule has 17 heavy (non-hydrogen) atoms. The molecule has 86 valence electrons. The van der Waals surface area contributed by atoms with E-state index in [9.17, 15) is 0 Å². The fourth-order valence-corrected chi connectivity index (χ4v) is 0.997. The van der Waals surface area contributed by atoms with Crippen LogP contribution >= 0.6 is 0 Å². The van der Waals surface area contributed by atoms with E-state index >= 15 is 0 Å². The summed E-state index contributed by atoms with van der Waals surface area (Å²) in [7, 11) is 0. The van der Waals surface area contributed by atoms with E-state index in [0.29, 0.717) is 0 Å². The lowest BCUT2D eigenvalue weighted by Crippen LogP contribution is -1.47. The molecule has 1 nitrogen and oxygen atoms in total. The van der Waals surface area contributed by atoms with Gasteiger partial charge in [0.15, 0.2) is 0 Å². The Hall–Kier alpha value is -2.28. The molecule has 1 heteroatoms. The fraction of sp³-hybridized carbons (Fsp3) is 0. The Bertz CT molecular complexity index is 315. The van der Waals surface area contributed by atoms with Crippen LogP contribution in [0.25, 0.3) is 0 Å². The zero-order valence-corrected chi connectivity index (χ0v) is 9.65. The van der Waals surface area contributed by atoms with E-state index in [0.717, 1.165) is 0 Å². The van der Waals surface area contributed by atoms with Gasteiger partial charge in [0, 0.05) is 0 Å². The summed E-state index contributed by atoms with van der Waals surface area (Å²) in [4.78, 5) is 0. The lowest BCUT2D eigenvalue weighted by atomic mass is 10.4. The highest BCUT2D eigenvalue weighted by atomic mass is 16.3. The quantitative estimate of drug-likeness (QED) is 0.541. The number of benzene rings is 2. The van der Waals surface area contributed by atoms with Gasteiger partial charge in [0.2, 0.25) is 0 Å². The van der Waals surface area contributed by atoms with Gasteiger partial charge in [-0.15, -0.1) is 0 Å². The van der Waals surface area contributed by atoms with E-state index in [2.05, 4.69) is 4.42 Å². The van der Waals surface area contributed by atoms with Gasteiger partial charge in [0.25, 0.3) is 0 Å². The first kappa shape index (κ1) is 12.8. The number of hydrogen-bond donors (Lipinski definition) is 0. The Morgan fingerprint density at radius 2 is 0.529 bits per heavy atom. The molecule has 0 fully saturated rings. The van der Waals surface area contributed by atoms with Crippen LogP contribution in [0.2, 0.25) is 0 Å². The third-order valence-electron chi connectivity index (χ3n) is 1.76. The van der Waals surface area contributed by atoms with Gasteiger partial charge in [-0.25, -0.2) is 0 Å². The van der Waals surface area contributed by atoms with Crippen molar-refractivity contribution in [3.63, 3.8) is 0 Å². The van der Waals surface area contributed by atoms with E-state index in [-0.39, 0.29) is 0 Å². The highest BCUT2D eigenvalue weighted by Gasteiger charge is 1.59. The van der Waals surface area contributed by atoms with Gasteiger partial charge < -0.3 is 4.42 Å². The van der Waals surface area contributed by atoms with Crippen molar-refractivity contribution in [2.45, 2.75) is 0 Å². The Kier molecular flexibility index (Phi) is 7.71. The lowest BCUT2D eigenvalue weighted by Gasteiger charge is -1.69. The molecule has 0 spiro atoms. The van der Waals surface area contributed by atoms with Crippen LogP contribution in [0.3, 0.4) is 0 Å². The molecule has 3 rings (SSSR count). The van der Waals surface area contributed by atoms with Crippen molar-refractivity contribution in [2.24, 2.45) is 0 Å². The number of hydrogen-bond acceptors (Lipinski definition) is 1. The van der Waals surface area contributed by atoms with Gasteiger partial charge in [-0.1, -0.05) is 72.8 Å². The highest BCUT2D eigenvalue weighted by molar-refractivity contribution is 4.99. The molecule has 2 aromatic carbocycles. The first-order chi connectivity index (χ1) is 8.50. The van der Waals surface area contributed by atoms with Crippen LogP contribution in [0.4, 0.5) is 0 Å². The molecule has 1 aromatic heterocycles. The molecule has 0 amide bonds. The summed E-state index contributed by atoms with van der Waals surface area (Å²) in [6, 6.07) is 27.7. The van der Waals surface area contributed by atoms with Crippen molar-refractivity contribution >= 4 is 0 Å². The van der Waals surface area contributed by atoms with E-state index in [4.69, 9.17) is 0 Å².